The Morgan fingerprint density at radius 1 is 0.525 bits per heavy atom. The number of benzene rings is 2. The highest BCUT2D eigenvalue weighted by Gasteiger charge is 2.39. The fraction of sp³-hybridized carbons (Fsp3) is 0.552. The topological polar surface area (TPSA) is 278 Å². The van der Waals surface area contributed by atoms with Crippen molar-refractivity contribution in [1.82, 2.24) is 52.1 Å². The van der Waals surface area contributed by atoms with Crippen LogP contribution in [0.1, 0.15) is 132 Å². The lowest BCUT2D eigenvalue weighted by molar-refractivity contribution is -0.158. The highest BCUT2D eigenvalue weighted by atomic mass is 16.5. The van der Waals surface area contributed by atoms with Gasteiger partial charge in [-0.1, -0.05) is 52.0 Å². The maximum Gasteiger partial charge on any atom is 0.325 e. The first-order valence-corrected chi connectivity index (χ1v) is 27.5. The molecule has 0 unspecified atom stereocenters. The van der Waals surface area contributed by atoms with Crippen molar-refractivity contribution in [3.05, 3.63) is 72.1 Å². The molecule has 4 aromatic rings. The molecule has 6 heterocycles. The summed E-state index contributed by atoms with van der Waals surface area (Å²) in [7, 11) is 0. The maximum absolute atomic E-state index is 13.3. The normalized spacial score (nSPS) is 26.6. The summed E-state index contributed by atoms with van der Waals surface area (Å²) in [4.78, 5) is 114. The summed E-state index contributed by atoms with van der Waals surface area (Å²) in [6.07, 6.45) is 4.51. The first kappa shape index (κ1) is 60.2. The fourth-order valence-electron chi connectivity index (χ4n) is 9.40. The Balaban J connectivity index is 0.000000231. The molecule has 2 fully saturated rings. The lowest BCUT2D eigenvalue weighted by Crippen LogP contribution is -2.61. The van der Waals surface area contributed by atoms with E-state index in [0.29, 0.717) is 50.5 Å². The van der Waals surface area contributed by atoms with Gasteiger partial charge in [0.25, 0.3) is 11.8 Å². The maximum atomic E-state index is 13.3. The van der Waals surface area contributed by atoms with Gasteiger partial charge in [-0.05, 0) is 127 Å². The van der Waals surface area contributed by atoms with E-state index in [-0.39, 0.29) is 48.7 Å². The van der Waals surface area contributed by atoms with Crippen LogP contribution in [0.25, 0.3) is 21.5 Å². The number of pyridine rings is 2. The summed E-state index contributed by atoms with van der Waals surface area (Å²) in [5, 5.41) is 17.3. The molecular formula is C58H78N10O12. The first-order valence-electron chi connectivity index (χ1n) is 27.5. The molecule has 432 valence electrons. The summed E-state index contributed by atoms with van der Waals surface area (Å²) in [6.45, 7) is 21.8. The second kappa shape index (κ2) is 25.3. The molecule has 0 spiro atoms. The van der Waals surface area contributed by atoms with Gasteiger partial charge in [-0.15, -0.1) is 0 Å². The summed E-state index contributed by atoms with van der Waals surface area (Å²) < 4.78 is 23.4. The molecule has 8 atom stereocenters. The molecule has 8 rings (SSSR count). The number of fused-ring (bicyclic) bond motifs is 8. The number of rotatable bonds is 2. The van der Waals surface area contributed by atoms with Crippen LogP contribution in [-0.4, -0.2) is 130 Å². The third kappa shape index (κ3) is 14.7. The van der Waals surface area contributed by atoms with E-state index in [9.17, 15) is 38.4 Å². The number of esters is 2. The molecule has 6 amide bonds. The molecule has 80 heavy (non-hydrogen) atoms. The van der Waals surface area contributed by atoms with E-state index in [0.717, 1.165) is 32.7 Å². The number of hydrogen-bond acceptors (Lipinski definition) is 16. The molecular weight excluding hydrogens is 1030 g/mol. The zero-order valence-corrected chi connectivity index (χ0v) is 47.9. The van der Waals surface area contributed by atoms with E-state index in [4.69, 9.17) is 18.9 Å². The molecule has 2 aromatic heterocycles. The van der Waals surface area contributed by atoms with E-state index in [1.807, 2.05) is 64.1 Å². The minimum absolute atomic E-state index is 0.0222. The molecule has 4 aliphatic heterocycles. The number of hydrazine groups is 2. The molecule has 22 nitrogen and oxygen atoms in total. The summed E-state index contributed by atoms with van der Waals surface area (Å²) in [5.74, 6) is -3.15. The second-order valence-electron chi connectivity index (χ2n) is 23.2. The minimum Gasteiger partial charge on any atom is -0.477 e. The summed E-state index contributed by atoms with van der Waals surface area (Å²) >= 11 is 0. The van der Waals surface area contributed by atoms with Gasteiger partial charge in [0.2, 0.25) is 35.4 Å². The molecule has 6 N–H and O–H groups in total. The van der Waals surface area contributed by atoms with Crippen molar-refractivity contribution in [2.45, 2.75) is 157 Å². The van der Waals surface area contributed by atoms with E-state index in [1.54, 1.807) is 79.9 Å². The average Bonchev–Trinajstić information content (AvgIpc) is 3.44. The van der Waals surface area contributed by atoms with E-state index in [1.165, 1.54) is 10.0 Å². The van der Waals surface area contributed by atoms with Crippen LogP contribution < -0.4 is 41.6 Å². The Morgan fingerprint density at radius 2 is 0.900 bits per heavy atom. The van der Waals surface area contributed by atoms with Crippen LogP contribution in [0.2, 0.25) is 0 Å². The Bertz CT molecular complexity index is 2790. The van der Waals surface area contributed by atoms with Crippen molar-refractivity contribution in [2.24, 2.45) is 22.7 Å². The number of carbonyl (C=O) groups excluding carboxylic acids is 8. The molecule has 0 radical (unpaired) electrons. The number of hydrogen-bond donors (Lipinski definition) is 6. The Hall–Kier alpha value is -7.46. The Labute approximate surface area is 466 Å². The minimum atomic E-state index is -0.985. The summed E-state index contributed by atoms with van der Waals surface area (Å²) in [5.41, 5.74) is 5.57. The molecule has 2 saturated heterocycles. The van der Waals surface area contributed by atoms with Gasteiger partial charge >= 0.3 is 11.9 Å². The van der Waals surface area contributed by atoms with Gasteiger partial charge in [-0.2, -0.15) is 0 Å². The third-order valence-electron chi connectivity index (χ3n) is 14.8. The predicted octanol–water partition coefficient (Wildman–Crippen LogP) is 4.80. The molecule has 22 heteroatoms. The fourth-order valence-corrected chi connectivity index (χ4v) is 9.40. The second-order valence-corrected chi connectivity index (χ2v) is 23.2. The number of aromatic nitrogens is 2. The third-order valence-corrected chi connectivity index (χ3v) is 14.8. The quantitative estimate of drug-likeness (QED) is 0.147. The molecule has 4 aliphatic rings. The van der Waals surface area contributed by atoms with Gasteiger partial charge in [0, 0.05) is 48.4 Å². The highest BCUT2D eigenvalue weighted by Crippen LogP contribution is 2.29. The van der Waals surface area contributed by atoms with Crippen molar-refractivity contribution in [3.8, 4) is 11.8 Å². The van der Waals surface area contributed by atoms with Crippen molar-refractivity contribution >= 4 is 68.9 Å². The zero-order valence-electron chi connectivity index (χ0n) is 47.9. The monoisotopic (exact) mass is 1110 g/mol. The summed E-state index contributed by atoms with van der Waals surface area (Å²) in [6, 6.07) is 10.0. The highest BCUT2D eigenvalue weighted by molar-refractivity contribution is 5.95. The lowest BCUT2D eigenvalue weighted by atomic mass is 9.92. The van der Waals surface area contributed by atoms with Gasteiger partial charge in [-0.25, -0.2) is 20.8 Å². The van der Waals surface area contributed by atoms with Crippen LogP contribution in [-0.2, 0) is 47.8 Å². The lowest BCUT2D eigenvalue weighted by Gasteiger charge is -2.35. The Morgan fingerprint density at radius 3 is 1.26 bits per heavy atom. The van der Waals surface area contributed by atoms with Crippen molar-refractivity contribution < 1.29 is 57.3 Å². The van der Waals surface area contributed by atoms with E-state index < -0.39 is 83.0 Å². The van der Waals surface area contributed by atoms with Crippen LogP contribution in [0.15, 0.2) is 60.9 Å². The van der Waals surface area contributed by atoms with Crippen LogP contribution in [0, 0.1) is 22.7 Å². The standard InChI is InChI=1S/2C29H39N5O6/c2*1-16(2)24-25(35)31-17(3)26(36)34-11-7-8-22(33-34)27(37)40-18(4)19-9-10-20-14-30-23(13-21(20)12-19)39-15-29(5,6)28(38)32-24/h2*9-10,12-14,16-18,22,24,33H,7-8,11,15H2,1-6H3,(H,31,35)(H,32,38)/t17-,18+,22+,24-;17-,18+,22-,24-/m00/s1. The van der Waals surface area contributed by atoms with E-state index in [2.05, 4.69) is 42.1 Å². The molecule has 0 aliphatic carbocycles. The SMILES string of the molecule is CC(C)[C@@H]1NC(=O)C(C)(C)COc2cc3cc(ccc3cn2)[C@@H](C)OC(=O)[C@@H]2CCCN(N2)C(=O)[C@H](C)NC1=O.CC(C)[C@@H]1NC(=O)C(C)(C)COc2cc3cc(ccc3cn2)[C@@H](C)OC(=O)[C@H]2CCCN(N2)C(=O)[C@H](C)NC1=O. The van der Waals surface area contributed by atoms with E-state index >= 15 is 0 Å². The Kier molecular flexibility index (Phi) is 19.1. The number of cyclic esters (lactones) is 2. The number of nitrogens with one attached hydrogen (secondary N) is 6. The van der Waals surface area contributed by atoms with Gasteiger partial charge in [0.15, 0.2) is 0 Å². The first-order chi connectivity index (χ1) is 37.7. The zero-order chi connectivity index (χ0) is 58.4. The number of amides is 6. The van der Waals surface area contributed by atoms with Crippen LogP contribution in [0.3, 0.4) is 0 Å². The van der Waals surface area contributed by atoms with Crippen LogP contribution in [0.5, 0.6) is 11.8 Å². The van der Waals surface area contributed by atoms with Gasteiger partial charge < -0.3 is 40.2 Å². The number of nitrogens with zero attached hydrogens (tertiary/aromatic N) is 4. The average molecular weight is 1110 g/mol. The smallest absolute Gasteiger partial charge is 0.325 e. The van der Waals surface area contributed by atoms with Crippen molar-refractivity contribution in [2.75, 3.05) is 26.3 Å². The number of carbonyl (C=O) groups is 8. The molecule has 10 bridgehead atoms. The van der Waals surface area contributed by atoms with Crippen molar-refractivity contribution in [3.63, 3.8) is 0 Å². The van der Waals surface area contributed by atoms with Crippen LogP contribution >= 0.6 is 0 Å². The van der Waals surface area contributed by atoms with Gasteiger partial charge in [0.05, 0.1) is 10.8 Å². The molecule has 2 aromatic carbocycles. The molecule has 0 saturated carbocycles. The predicted molar refractivity (Wildman–Crippen MR) is 296 cm³/mol. The number of ether oxygens (including phenoxy) is 4. The largest absolute Gasteiger partial charge is 0.477 e. The van der Waals surface area contributed by atoms with Gasteiger partial charge in [-0.3, -0.25) is 48.4 Å². The van der Waals surface area contributed by atoms with Crippen molar-refractivity contribution in [1.29, 1.82) is 0 Å². The van der Waals surface area contributed by atoms with Gasteiger partial charge in [0.1, 0.15) is 61.7 Å². The van der Waals surface area contributed by atoms with Crippen LogP contribution in [0.4, 0.5) is 0 Å².